The fraction of sp³-hybridized carbons (Fsp3) is 0.500. The average Bonchev–Trinajstić information content (AvgIpc) is 2.19. The van der Waals surface area contributed by atoms with Gasteiger partial charge in [-0.05, 0) is 20.2 Å². The number of nitrogens with one attached hydrogen (secondary N) is 1. The number of nitrogens with zero attached hydrogens (tertiary/aromatic N) is 1. The van der Waals surface area contributed by atoms with Gasteiger partial charge in [0.15, 0.2) is 0 Å². The Bertz CT molecular complexity index is 316. The van der Waals surface area contributed by atoms with Crippen molar-refractivity contribution in [2.45, 2.75) is 12.6 Å². The molecular formula is C12H20N2O2. The van der Waals surface area contributed by atoms with E-state index in [1.165, 1.54) is 0 Å². The van der Waals surface area contributed by atoms with Crippen LogP contribution in [0.3, 0.4) is 0 Å². The van der Waals surface area contributed by atoms with E-state index in [4.69, 9.17) is 0 Å². The molecule has 0 spiro atoms. The summed E-state index contributed by atoms with van der Waals surface area (Å²) < 4.78 is 0. The van der Waals surface area contributed by atoms with E-state index in [9.17, 15) is 10.2 Å². The first-order valence-corrected chi connectivity index (χ1v) is 5.40. The van der Waals surface area contributed by atoms with E-state index in [0.717, 1.165) is 5.56 Å². The quantitative estimate of drug-likeness (QED) is 0.655. The Morgan fingerprint density at radius 1 is 1.31 bits per heavy atom. The van der Waals surface area contributed by atoms with Gasteiger partial charge in [0.2, 0.25) is 0 Å². The van der Waals surface area contributed by atoms with Gasteiger partial charge in [0.25, 0.3) is 0 Å². The van der Waals surface area contributed by atoms with Crippen molar-refractivity contribution in [1.29, 1.82) is 0 Å². The van der Waals surface area contributed by atoms with Crippen molar-refractivity contribution < 1.29 is 10.2 Å². The zero-order chi connectivity index (χ0) is 12.0. The van der Waals surface area contributed by atoms with Gasteiger partial charge in [0, 0.05) is 25.2 Å². The van der Waals surface area contributed by atoms with Crippen LogP contribution >= 0.6 is 0 Å². The molecule has 0 amide bonds. The topological polar surface area (TPSA) is 55.7 Å². The molecular weight excluding hydrogens is 204 g/mol. The molecule has 4 heteroatoms. The first kappa shape index (κ1) is 13.0. The zero-order valence-electron chi connectivity index (χ0n) is 9.85. The highest BCUT2D eigenvalue weighted by Crippen LogP contribution is 2.14. The number of aliphatic hydroxyl groups is 1. The highest BCUT2D eigenvalue weighted by molar-refractivity contribution is 5.31. The summed E-state index contributed by atoms with van der Waals surface area (Å²) in [7, 11) is 3.85. The summed E-state index contributed by atoms with van der Waals surface area (Å²) in [5.41, 5.74) is 0.847. The number of para-hydroxylation sites is 1. The molecule has 0 saturated heterocycles. The predicted molar refractivity (Wildman–Crippen MR) is 64.4 cm³/mol. The number of aliphatic hydroxyl groups excluding tert-OH is 1. The van der Waals surface area contributed by atoms with Crippen LogP contribution in [0.2, 0.25) is 0 Å². The smallest absolute Gasteiger partial charge is 0.120 e. The van der Waals surface area contributed by atoms with Crippen molar-refractivity contribution in [1.82, 2.24) is 10.2 Å². The fourth-order valence-electron chi connectivity index (χ4n) is 1.52. The van der Waals surface area contributed by atoms with Gasteiger partial charge in [-0.25, -0.2) is 0 Å². The summed E-state index contributed by atoms with van der Waals surface area (Å²) >= 11 is 0. The van der Waals surface area contributed by atoms with E-state index < -0.39 is 0 Å². The highest BCUT2D eigenvalue weighted by atomic mass is 16.3. The van der Waals surface area contributed by atoms with Crippen LogP contribution in [0.1, 0.15) is 5.56 Å². The molecule has 0 aliphatic carbocycles. The predicted octanol–water partition coefficient (Wildman–Crippen LogP) is 0.404. The number of hydrogen-bond acceptors (Lipinski definition) is 4. The minimum atomic E-state index is -0.388. The summed E-state index contributed by atoms with van der Waals surface area (Å²) in [5.74, 6) is 0.289. The largest absolute Gasteiger partial charge is 0.508 e. The van der Waals surface area contributed by atoms with E-state index in [1.54, 1.807) is 12.1 Å². The molecule has 1 atom stereocenters. The van der Waals surface area contributed by atoms with Gasteiger partial charge in [-0.2, -0.15) is 0 Å². The third-order valence-corrected chi connectivity index (χ3v) is 2.26. The van der Waals surface area contributed by atoms with Crippen LogP contribution in [0.4, 0.5) is 0 Å². The molecule has 0 bridgehead atoms. The zero-order valence-corrected chi connectivity index (χ0v) is 9.85. The van der Waals surface area contributed by atoms with Crippen LogP contribution in [0, 0.1) is 0 Å². The van der Waals surface area contributed by atoms with Crippen LogP contribution in [0.5, 0.6) is 5.75 Å². The van der Waals surface area contributed by atoms with Gasteiger partial charge in [-0.3, -0.25) is 0 Å². The lowest BCUT2D eigenvalue weighted by Gasteiger charge is -2.16. The molecule has 90 valence electrons. The monoisotopic (exact) mass is 224 g/mol. The maximum Gasteiger partial charge on any atom is 0.120 e. The van der Waals surface area contributed by atoms with Gasteiger partial charge < -0.3 is 20.4 Å². The van der Waals surface area contributed by atoms with Crippen molar-refractivity contribution in [2.24, 2.45) is 0 Å². The molecule has 1 aromatic rings. The average molecular weight is 224 g/mol. The molecule has 0 aliphatic heterocycles. The number of rotatable bonds is 6. The number of aromatic hydroxyl groups is 1. The van der Waals surface area contributed by atoms with E-state index in [0.29, 0.717) is 19.6 Å². The molecule has 3 N–H and O–H groups in total. The van der Waals surface area contributed by atoms with Crippen molar-refractivity contribution in [3.05, 3.63) is 29.8 Å². The standard InChI is InChI=1S/C12H20N2O2/c1-14(2)9-11(15)8-13-7-10-5-3-4-6-12(10)16/h3-6,11,13,15-16H,7-9H2,1-2H3. The SMILES string of the molecule is CN(C)CC(O)CNCc1ccccc1O. The second kappa shape index (κ2) is 6.48. The first-order valence-electron chi connectivity index (χ1n) is 5.40. The van der Waals surface area contributed by atoms with Crippen LogP contribution < -0.4 is 5.32 Å². The molecule has 1 unspecified atom stereocenters. The molecule has 0 fully saturated rings. The maximum absolute atomic E-state index is 9.60. The Labute approximate surface area is 96.5 Å². The summed E-state index contributed by atoms with van der Waals surface area (Å²) in [5, 5.41) is 22.2. The Morgan fingerprint density at radius 2 is 2.00 bits per heavy atom. The van der Waals surface area contributed by atoms with E-state index >= 15 is 0 Å². The molecule has 16 heavy (non-hydrogen) atoms. The fourth-order valence-corrected chi connectivity index (χ4v) is 1.52. The normalized spacial score (nSPS) is 13.0. The van der Waals surface area contributed by atoms with Crippen LogP contribution in [0.25, 0.3) is 0 Å². The Morgan fingerprint density at radius 3 is 2.62 bits per heavy atom. The minimum absolute atomic E-state index is 0.289. The van der Waals surface area contributed by atoms with Gasteiger partial charge >= 0.3 is 0 Å². The van der Waals surface area contributed by atoms with Crippen LogP contribution in [-0.2, 0) is 6.54 Å². The number of hydrogen-bond donors (Lipinski definition) is 3. The molecule has 1 aromatic carbocycles. The Balaban J connectivity index is 2.28. The summed E-state index contributed by atoms with van der Waals surface area (Å²) in [4.78, 5) is 1.94. The molecule has 0 aliphatic rings. The third kappa shape index (κ3) is 4.61. The maximum atomic E-state index is 9.60. The van der Waals surface area contributed by atoms with Crippen molar-refractivity contribution >= 4 is 0 Å². The van der Waals surface area contributed by atoms with E-state index in [2.05, 4.69) is 5.32 Å². The lowest BCUT2D eigenvalue weighted by atomic mass is 10.2. The van der Waals surface area contributed by atoms with Gasteiger partial charge in [-0.15, -0.1) is 0 Å². The molecule has 0 radical (unpaired) electrons. The Hall–Kier alpha value is -1.10. The van der Waals surface area contributed by atoms with Gasteiger partial charge in [0.05, 0.1) is 6.10 Å². The Kier molecular flexibility index (Phi) is 5.25. The summed E-state index contributed by atoms with van der Waals surface area (Å²) in [6, 6.07) is 7.20. The van der Waals surface area contributed by atoms with Crippen molar-refractivity contribution in [3.8, 4) is 5.75 Å². The van der Waals surface area contributed by atoms with Gasteiger partial charge in [0.1, 0.15) is 5.75 Å². The second-order valence-electron chi connectivity index (χ2n) is 4.18. The minimum Gasteiger partial charge on any atom is -0.508 e. The van der Waals surface area contributed by atoms with Crippen molar-refractivity contribution in [3.63, 3.8) is 0 Å². The van der Waals surface area contributed by atoms with E-state index in [1.807, 2.05) is 31.1 Å². The molecule has 4 nitrogen and oxygen atoms in total. The highest BCUT2D eigenvalue weighted by Gasteiger charge is 2.05. The summed E-state index contributed by atoms with van der Waals surface area (Å²) in [6.07, 6.45) is -0.388. The molecule has 0 aromatic heterocycles. The van der Waals surface area contributed by atoms with Crippen LogP contribution in [-0.4, -0.2) is 48.4 Å². The molecule has 0 saturated carbocycles. The van der Waals surface area contributed by atoms with Crippen LogP contribution in [0.15, 0.2) is 24.3 Å². The molecule has 1 rings (SSSR count). The number of phenolic OH excluding ortho intramolecular Hbond substituents is 1. The molecule has 0 heterocycles. The van der Waals surface area contributed by atoms with Gasteiger partial charge in [-0.1, -0.05) is 18.2 Å². The second-order valence-corrected chi connectivity index (χ2v) is 4.18. The van der Waals surface area contributed by atoms with E-state index in [-0.39, 0.29) is 11.9 Å². The summed E-state index contributed by atoms with van der Waals surface area (Å²) in [6.45, 7) is 1.72. The van der Waals surface area contributed by atoms with Crippen molar-refractivity contribution in [2.75, 3.05) is 27.2 Å². The lowest BCUT2D eigenvalue weighted by Crippen LogP contribution is -2.34. The first-order chi connectivity index (χ1) is 7.59. The lowest BCUT2D eigenvalue weighted by molar-refractivity contribution is 0.134. The third-order valence-electron chi connectivity index (χ3n) is 2.26. The number of phenols is 1. The number of benzene rings is 1. The number of likely N-dealkylation sites (N-methyl/N-ethyl adjacent to an activating group) is 1.